The van der Waals surface area contributed by atoms with Gasteiger partial charge >= 0.3 is 0 Å². The van der Waals surface area contributed by atoms with E-state index in [9.17, 15) is 5.11 Å². The molecule has 186 valence electrons. The maximum Gasteiger partial charge on any atom is 0.296 e. The van der Waals surface area contributed by atoms with Crippen molar-refractivity contribution in [1.82, 2.24) is 29.9 Å². The van der Waals surface area contributed by atoms with E-state index < -0.39 is 12.2 Å². The lowest BCUT2D eigenvalue weighted by Crippen LogP contribution is -2.35. The first-order chi connectivity index (χ1) is 18.1. The van der Waals surface area contributed by atoms with Crippen molar-refractivity contribution in [1.29, 1.82) is 0 Å². The van der Waals surface area contributed by atoms with Gasteiger partial charge in [0.05, 0.1) is 34.3 Å². The van der Waals surface area contributed by atoms with Crippen molar-refractivity contribution in [2.45, 2.75) is 18.6 Å². The Morgan fingerprint density at radius 2 is 1.68 bits per heavy atom. The minimum absolute atomic E-state index is 0.122. The highest BCUT2D eigenvalue weighted by Gasteiger charge is 2.28. The summed E-state index contributed by atoms with van der Waals surface area (Å²) in [6.45, 7) is 0.176. The minimum Gasteiger partial charge on any atom is -0.512 e. The van der Waals surface area contributed by atoms with E-state index in [0.29, 0.717) is 21.9 Å². The summed E-state index contributed by atoms with van der Waals surface area (Å²) in [5.74, 6) is 0.122. The van der Waals surface area contributed by atoms with Gasteiger partial charge in [0.2, 0.25) is 0 Å². The third-order valence-electron chi connectivity index (χ3n) is 6.07. The van der Waals surface area contributed by atoms with Crippen LogP contribution in [-0.4, -0.2) is 59.0 Å². The number of aromatic amines is 1. The molecule has 0 aliphatic carbocycles. The van der Waals surface area contributed by atoms with Crippen molar-refractivity contribution < 1.29 is 19.7 Å². The highest BCUT2D eigenvalue weighted by Crippen LogP contribution is 2.32. The molecule has 37 heavy (non-hydrogen) atoms. The number of benzene rings is 2. The molecule has 1 aliphatic rings. The number of nitrogens with one attached hydrogen (secondary N) is 1. The number of ether oxygens (including phenoxy) is 2. The second-order valence-corrected chi connectivity index (χ2v) is 8.92. The lowest BCUT2D eigenvalue weighted by Gasteiger charge is -2.27. The second-order valence-electron chi connectivity index (χ2n) is 8.51. The number of hydrogen-bond acceptors (Lipinski definition) is 8. The molecule has 4 heterocycles. The average Bonchev–Trinajstić information content (AvgIpc) is 3.59. The zero-order valence-corrected chi connectivity index (χ0v) is 20.1. The summed E-state index contributed by atoms with van der Waals surface area (Å²) in [5, 5.41) is 27.8. The van der Waals surface area contributed by atoms with E-state index >= 15 is 0 Å². The van der Waals surface area contributed by atoms with Crippen LogP contribution in [0.2, 0.25) is 5.02 Å². The Morgan fingerprint density at radius 3 is 2.35 bits per heavy atom. The van der Waals surface area contributed by atoms with Crippen LogP contribution in [0.3, 0.4) is 0 Å². The van der Waals surface area contributed by atoms with E-state index in [0.717, 1.165) is 28.6 Å². The van der Waals surface area contributed by atoms with Gasteiger partial charge in [0, 0.05) is 12.0 Å². The summed E-state index contributed by atoms with van der Waals surface area (Å²) in [5.41, 5.74) is 5.53. The summed E-state index contributed by atoms with van der Waals surface area (Å²) >= 11 is 6.56. The van der Waals surface area contributed by atoms with Gasteiger partial charge < -0.3 is 24.7 Å². The molecule has 6 rings (SSSR count). The molecule has 0 bridgehead atoms. The Balaban J connectivity index is 1.21. The molecule has 1 saturated heterocycles. The lowest BCUT2D eigenvalue weighted by molar-refractivity contribution is -0.0235. The quantitative estimate of drug-likeness (QED) is 0.292. The normalized spacial score (nSPS) is 18.7. The standard InChI is InChI=1S/C26H21ClN6O4/c27-20-12-21-25(32-26(30-21)37-19-11-22(35)23(13-34)36-14-19)31-24(20)17-3-1-15(2-4-17)16-5-7-18(8-6-16)33-28-9-10-29-33/h1-10,12-13,19,22,34-35H,11,14H2,(H,30,31,32)/b23-13-/t19-,22+/m1/s1. The minimum atomic E-state index is -0.943. The summed E-state index contributed by atoms with van der Waals surface area (Å²) < 4.78 is 11.1. The number of H-pyrrole nitrogens is 1. The molecule has 5 aromatic rings. The van der Waals surface area contributed by atoms with Crippen LogP contribution < -0.4 is 4.74 Å². The first kappa shape index (κ1) is 23.0. The van der Waals surface area contributed by atoms with Gasteiger partial charge in [0.25, 0.3) is 6.01 Å². The second kappa shape index (κ2) is 9.57. The molecule has 3 N–H and O–H groups in total. The molecule has 0 radical (unpaired) electrons. The molecular formula is C26H21ClN6O4. The zero-order chi connectivity index (χ0) is 25.4. The Labute approximate surface area is 215 Å². The van der Waals surface area contributed by atoms with Crippen molar-refractivity contribution in [3.05, 3.63) is 84.0 Å². The van der Waals surface area contributed by atoms with E-state index in [1.165, 1.54) is 0 Å². The third kappa shape index (κ3) is 4.59. The highest BCUT2D eigenvalue weighted by atomic mass is 35.5. The van der Waals surface area contributed by atoms with Gasteiger partial charge in [-0.25, -0.2) is 4.98 Å². The Bertz CT molecular complexity index is 1570. The van der Waals surface area contributed by atoms with Crippen LogP contribution in [0.15, 0.2) is 79.0 Å². The number of halogens is 1. The number of fused-ring (bicyclic) bond motifs is 1. The molecule has 0 saturated carbocycles. The molecule has 2 atom stereocenters. The van der Waals surface area contributed by atoms with Gasteiger partial charge in [0.1, 0.15) is 25.1 Å². The number of aliphatic hydroxyl groups is 2. The van der Waals surface area contributed by atoms with Crippen LogP contribution in [-0.2, 0) is 4.74 Å². The number of pyridine rings is 1. The monoisotopic (exact) mass is 516 g/mol. The van der Waals surface area contributed by atoms with Gasteiger partial charge in [-0.15, -0.1) is 0 Å². The van der Waals surface area contributed by atoms with Crippen molar-refractivity contribution in [3.63, 3.8) is 0 Å². The first-order valence-electron chi connectivity index (χ1n) is 11.5. The van der Waals surface area contributed by atoms with Gasteiger partial charge in [-0.05, 0) is 29.3 Å². The molecule has 3 aromatic heterocycles. The fourth-order valence-electron chi connectivity index (χ4n) is 4.19. The van der Waals surface area contributed by atoms with Crippen molar-refractivity contribution in [2.24, 2.45) is 0 Å². The smallest absolute Gasteiger partial charge is 0.296 e. The molecule has 0 amide bonds. The molecule has 1 aliphatic heterocycles. The Morgan fingerprint density at radius 1 is 1.00 bits per heavy atom. The topological polar surface area (TPSA) is 131 Å². The molecule has 0 spiro atoms. The zero-order valence-electron chi connectivity index (χ0n) is 19.3. The van der Waals surface area contributed by atoms with Gasteiger partial charge in [-0.3, -0.25) is 0 Å². The SMILES string of the molecule is O/C=C1\OC[C@H](Oc2nc3nc(-c4ccc(-c5ccc(-n6nccn6)cc5)cc4)c(Cl)cc3[nH]2)C[C@@H]1O. The van der Waals surface area contributed by atoms with E-state index in [1.807, 2.05) is 48.5 Å². The number of hydrogen-bond donors (Lipinski definition) is 3. The van der Waals surface area contributed by atoms with E-state index in [4.69, 9.17) is 26.2 Å². The Hall–Kier alpha value is -4.41. The molecule has 2 aromatic carbocycles. The maximum atomic E-state index is 10.00. The molecule has 1 fully saturated rings. The third-order valence-corrected chi connectivity index (χ3v) is 6.36. The number of nitrogens with zero attached hydrogens (tertiary/aromatic N) is 5. The molecule has 11 heteroatoms. The average molecular weight is 517 g/mol. The molecular weight excluding hydrogens is 496 g/mol. The van der Waals surface area contributed by atoms with Crippen molar-refractivity contribution in [2.75, 3.05) is 6.61 Å². The fraction of sp³-hybridized carbons (Fsp3) is 0.154. The van der Waals surface area contributed by atoms with Crippen LogP contribution in [0.25, 0.3) is 39.2 Å². The number of imidazole rings is 1. The fourth-order valence-corrected chi connectivity index (χ4v) is 4.45. The highest BCUT2D eigenvalue weighted by molar-refractivity contribution is 6.33. The number of aromatic nitrogens is 6. The van der Waals surface area contributed by atoms with E-state index in [1.54, 1.807) is 23.3 Å². The number of aliphatic hydroxyl groups excluding tert-OH is 2. The lowest BCUT2D eigenvalue weighted by atomic mass is 10.0. The van der Waals surface area contributed by atoms with Gasteiger partial charge in [0.15, 0.2) is 11.4 Å². The largest absolute Gasteiger partial charge is 0.512 e. The number of rotatable bonds is 5. The summed E-state index contributed by atoms with van der Waals surface area (Å²) in [6, 6.07) is 17.9. The van der Waals surface area contributed by atoms with Crippen LogP contribution in [0, 0.1) is 0 Å². The van der Waals surface area contributed by atoms with Crippen LogP contribution in [0.4, 0.5) is 0 Å². The van der Waals surface area contributed by atoms with Crippen LogP contribution >= 0.6 is 11.6 Å². The molecule has 10 nitrogen and oxygen atoms in total. The Kier molecular flexibility index (Phi) is 5.95. The molecule has 0 unspecified atom stereocenters. The van der Waals surface area contributed by atoms with Crippen molar-refractivity contribution >= 4 is 22.8 Å². The van der Waals surface area contributed by atoms with Crippen LogP contribution in [0.1, 0.15) is 6.42 Å². The van der Waals surface area contributed by atoms with Crippen LogP contribution in [0.5, 0.6) is 6.01 Å². The van der Waals surface area contributed by atoms with Crippen molar-refractivity contribution in [3.8, 4) is 34.1 Å². The summed E-state index contributed by atoms with van der Waals surface area (Å²) in [7, 11) is 0. The summed E-state index contributed by atoms with van der Waals surface area (Å²) in [4.78, 5) is 13.7. The predicted octanol–water partition coefficient (Wildman–Crippen LogP) is 4.45. The van der Waals surface area contributed by atoms with E-state index in [2.05, 4.69) is 25.1 Å². The first-order valence-corrected chi connectivity index (χ1v) is 11.9. The van der Waals surface area contributed by atoms with E-state index in [-0.39, 0.29) is 24.8 Å². The van der Waals surface area contributed by atoms with Gasteiger partial charge in [-0.1, -0.05) is 48.0 Å². The predicted molar refractivity (Wildman–Crippen MR) is 136 cm³/mol. The van der Waals surface area contributed by atoms with Gasteiger partial charge in [-0.2, -0.15) is 20.0 Å². The summed E-state index contributed by atoms with van der Waals surface area (Å²) in [6.07, 6.45) is 2.93. The maximum absolute atomic E-state index is 10.00.